The van der Waals surface area contributed by atoms with Gasteiger partial charge in [-0.2, -0.15) is 0 Å². The van der Waals surface area contributed by atoms with Gasteiger partial charge in [-0.1, -0.05) is 69.2 Å². The molecule has 0 saturated carbocycles. The van der Waals surface area contributed by atoms with Crippen LogP contribution >= 0.6 is 8.58 Å². The van der Waals surface area contributed by atoms with E-state index in [2.05, 4.69) is 60.7 Å². The average molecular weight is 319 g/mol. The fourth-order valence-corrected chi connectivity index (χ4v) is 2.26. The van der Waals surface area contributed by atoms with Crippen molar-refractivity contribution in [3.05, 3.63) is 60.7 Å². The first-order valence-electron chi connectivity index (χ1n) is 4.61. The van der Waals surface area contributed by atoms with Crippen molar-refractivity contribution in [1.82, 2.24) is 0 Å². The minimum Gasteiger partial charge on any atom is -0.307 e. The second-order valence-corrected chi connectivity index (χ2v) is 4.26. The predicted octanol–water partition coefficient (Wildman–Crippen LogP) is 2.13. The molecule has 0 saturated heterocycles. The normalized spacial score (nSPS) is 8.25. The van der Waals surface area contributed by atoms with E-state index in [-0.39, 0.29) is 19.5 Å². The second-order valence-electron chi connectivity index (χ2n) is 2.86. The van der Waals surface area contributed by atoms with Gasteiger partial charge in [-0.15, -0.1) is 0 Å². The van der Waals surface area contributed by atoms with Gasteiger partial charge in [0.05, 0.1) is 0 Å². The summed E-state index contributed by atoms with van der Waals surface area (Å²) in [6.45, 7) is 2.00. The first-order chi connectivity index (χ1) is 7.45. The topological polar surface area (TPSA) is 17.1 Å². The van der Waals surface area contributed by atoms with Crippen LogP contribution in [0.3, 0.4) is 0 Å². The Hall–Kier alpha value is -0.837. The Balaban J connectivity index is 0.000000711. The Kier molecular flexibility index (Phi) is 8.90. The van der Waals surface area contributed by atoms with Crippen LogP contribution in [0.2, 0.25) is 0 Å². The number of carbonyl (C=O) groups is 1. The average Bonchev–Trinajstić information content (AvgIpc) is 2.34. The number of carbonyl (C=O) groups excluding carboxylic acids is 1. The van der Waals surface area contributed by atoms with Gasteiger partial charge in [0.15, 0.2) is 0 Å². The summed E-state index contributed by atoms with van der Waals surface area (Å²) in [7, 11) is 0.777. The van der Waals surface area contributed by atoms with E-state index in [4.69, 9.17) is 4.79 Å². The standard InChI is InChI=1S/C12H11P.CH2O.Rh/c1-3-7-11(8-4-1)13-12-9-5-2-6-10-12;1-2;/h1-10,13H;1H2;. The first-order valence-corrected chi connectivity index (χ1v) is 5.61. The van der Waals surface area contributed by atoms with Gasteiger partial charge in [0.1, 0.15) is 6.79 Å². The van der Waals surface area contributed by atoms with Gasteiger partial charge in [0.25, 0.3) is 0 Å². The molecule has 0 N–H and O–H groups in total. The van der Waals surface area contributed by atoms with Crippen molar-refractivity contribution in [2.24, 2.45) is 0 Å². The molecular weight excluding hydrogens is 306 g/mol. The van der Waals surface area contributed by atoms with E-state index in [0.29, 0.717) is 0 Å². The summed E-state index contributed by atoms with van der Waals surface area (Å²) in [4.78, 5) is 8.00. The second kappa shape index (κ2) is 9.39. The molecule has 1 nitrogen and oxygen atoms in total. The number of hydrogen-bond acceptors (Lipinski definition) is 1. The van der Waals surface area contributed by atoms with Crippen molar-refractivity contribution in [2.75, 3.05) is 0 Å². The maximum absolute atomic E-state index is 8.00. The monoisotopic (exact) mass is 319 g/mol. The molecule has 0 unspecified atom stereocenters. The molecule has 0 spiro atoms. The third-order valence-corrected chi connectivity index (χ3v) is 3.08. The molecule has 0 fully saturated rings. The number of hydrogen-bond donors (Lipinski definition) is 0. The van der Waals surface area contributed by atoms with Gasteiger partial charge in [-0.25, -0.2) is 0 Å². The maximum Gasteiger partial charge on any atom is 0.106 e. The molecule has 0 heterocycles. The van der Waals surface area contributed by atoms with Gasteiger partial charge in [-0.3, -0.25) is 0 Å². The Bertz CT molecular complexity index is 340. The SMILES string of the molecule is C=O.[Rh].c1ccc(Pc2ccccc2)cc1. The van der Waals surface area contributed by atoms with Crippen LogP contribution in [0.1, 0.15) is 0 Å². The molecule has 0 aliphatic heterocycles. The Labute approximate surface area is 111 Å². The smallest absolute Gasteiger partial charge is 0.106 e. The van der Waals surface area contributed by atoms with Crippen molar-refractivity contribution < 1.29 is 24.3 Å². The van der Waals surface area contributed by atoms with Crippen molar-refractivity contribution in [2.45, 2.75) is 0 Å². The molecule has 0 aliphatic carbocycles. The molecule has 1 radical (unpaired) electrons. The summed E-state index contributed by atoms with van der Waals surface area (Å²) >= 11 is 0. The van der Waals surface area contributed by atoms with E-state index in [1.165, 1.54) is 10.6 Å². The molecule has 0 amide bonds. The Morgan fingerprint density at radius 2 is 1.00 bits per heavy atom. The maximum atomic E-state index is 8.00. The molecule has 85 valence electrons. The molecule has 3 heteroatoms. The van der Waals surface area contributed by atoms with E-state index >= 15 is 0 Å². The van der Waals surface area contributed by atoms with Crippen LogP contribution < -0.4 is 10.6 Å². The van der Waals surface area contributed by atoms with E-state index in [1.54, 1.807) is 0 Å². The summed E-state index contributed by atoms with van der Waals surface area (Å²) in [5.74, 6) is 0. The Morgan fingerprint density at radius 1 is 0.688 bits per heavy atom. The first kappa shape index (κ1) is 15.2. The van der Waals surface area contributed by atoms with Gasteiger partial charge in [-0.05, 0) is 10.6 Å². The van der Waals surface area contributed by atoms with Gasteiger partial charge < -0.3 is 4.79 Å². The summed E-state index contributed by atoms with van der Waals surface area (Å²) in [5, 5.41) is 2.79. The Morgan fingerprint density at radius 3 is 1.31 bits per heavy atom. The van der Waals surface area contributed by atoms with Crippen LogP contribution in [0.15, 0.2) is 60.7 Å². The molecule has 2 aromatic rings. The molecule has 0 bridgehead atoms. The quantitative estimate of drug-likeness (QED) is 0.612. The van der Waals surface area contributed by atoms with Crippen LogP contribution in [0, 0.1) is 0 Å². The van der Waals surface area contributed by atoms with E-state index in [0.717, 1.165) is 8.58 Å². The van der Waals surface area contributed by atoms with Crippen LogP contribution in [0.4, 0.5) is 0 Å². The molecular formula is C13H13OPRh. The van der Waals surface area contributed by atoms with Crippen LogP contribution in [0.5, 0.6) is 0 Å². The van der Waals surface area contributed by atoms with Crippen molar-refractivity contribution in [3.8, 4) is 0 Å². The third kappa shape index (κ3) is 5.30. The van der Waals surface area contributed by atoms with Crippen molar-refractivity contribution >= 4 is 26.0 Å². The molecule has 0 atom stereocenters. The fourth-order valence-electron chi connectivity index (χ4n) is 1.21. The van der Waals surface area contributed by atoms with Crippen molar-refractivity contribution in [1.29, 1.82) is 0 Å². The van der Waals surface area contributed by atoms with E-state index in [1.807, 2.05) is 6.79 Å². The van der Waals surface area contributed by atoms with Crippen LogP contribution in [0.25, 0.3) is 0 Å². The van der Waals surface area contributed by atoms with Gasteiger partial charge in [0.2, 0.25) is 0 Å². The molecule has 2 aromatic carbocycles. The number of benzene rings is 2. The van der Waals surface area contributed by atoms with Crippen LogP contribution in [-0.4, -0.2) is 6.79 Å². The van der Waals surface area contributed by atoms with E-state index < -0.39 is 0 Å². The predicted molar refractivity (Wildman–Crippen MR) is 67.6 cm³/mol. The fraction of sp³-hybridized carbons (Fsp3) is 0. The van der Waals surface area contributed by atoms with Gasteiger partial charge in [0, 0.05) is 19.5 Å². The summed E-state index contributed by atoms with van der Waals surface area (Å²) in [6.07, 6.45) is 0. The third-order valence-electron chi connectivity index (χ3n) is 1.84. The molecule has 0 aliphatic rings. The summed E-state index contributed by atoms with van der Waals surface area (Å²) in [6, 6.07) is 21.2. The minimum absolute atomic E-state index is 0. The van der Waals surface area contributed by atoms with E-state index in [9.17, 15) is 0 Å². The van der Waals surface area contributed by atoms with Crippen molar-refractivity contribution in [3.63, 3.8) is 0 Å². The zero-order chi connectivity index (χ0) is 10.9. The summed E-state index contributed by atoms with van der Waals surface area (Å²) < 4.78 is 0. The molecule has 2 rings (SSSR count). The number of rotatable bonds is 2. The molecule has 16 heavy (non-hydrogen) atoms. The zero-order valence-electron chi connectivity index (χ0n) is 8.72. The minimum atomic E-state index is 0. The van der Waals surface area contributed by atoms with Gasteiger partial charge >= 0.3 is 0 Å². The summed E-state index contributed by atoms with van der Waals surface area (Å²) in [5.41, 5.74) is 0. The molecule has 0 aromatic heterocycles. The zero-order valence-corrected chi connectivity index (χ0v) is 11.4. The largest absolute Gasteiger partial charge is 0.307 e. The van der Waals surface area contributed by atoms with Crippen LogP contribution in [-0.2, 0) is 24.3 Å².